The van der Waals surface area contributed by atoms with Crippen LogP contribution in [0.25, 0.3) is 22.3 Å². The number of rotatable bonds is 2. The van der Waals surface area contributed by atoms with Gasteiger partial charge in [0, 0.05) is 31.2 Å². The molecule has 0 bridgehead atoms. The number of nitrogen functional groups attached to an aromatic ring is 1. The lowest BCUT2D eigenvalue weighted by Crippen LogP contribution is -2.15. The van der Waals surface area contributed by atoms with Crippen LogP contribution in [0.2, 0.25) is 0 Å². The van der Waals surface area contributed by atoms with E-state index in [-0.39, 0.29) is 5.95 Å². The molecule has 2 heterocycles. The van der Waals surface area contributed by atoms with E-state index in [1.54, 1.807) is 11.1 Å². The Bertz CT molecular complexity index is 763. The first kappa shape index (κ1) is 12.3. The average molecular weight is 266 g/mol. The Labute approximate surface area is 116 Å². The summed E-state index contributed by atoms with van der Waals surface area (Å²) in [6.45, 7) is 0. The van der Waals surface area contributed by atoms with Crippen molar-refractivity contribution in [3.05, 3.63) is 36.5 Å². The molecule has 3 aromatic rings. The highest BCUT2D eigenvalue weighted by Crippen LogP contribution is 2.25. The summed E-state index contributed by atoms with van der Waals surface area (Å²) in [5.41, 5.74) is 7.57. The van der Waals surface area contributed by atoms with Crippen molar-refractivity contribution in [2.75, 3.05) is 24.7 Å². The van der Waals surface area contributed by atoms with Gasteiger partial charge in [0.2, 0.25) is 11.9 Å². The van der Waals surface area contributed by atoms with Gasteiger partial charge >= 0.3 is 0 Å². The first-order valence-electron chi connectivity index (χ1n) is 6.18. The molecule has 3 rings (SSSR count). The molecule has 0 aliphatic rings. The van der Waals surface area contributed by atoms with Gasteiger partial charge in [-0.3, -0.25) is 4.98 Å². The largest absolute Gasteiger partial charge is 0.368 e. The van der Waals surface area contributed by atoms with Crippen molar-refractivity contribution >= 4 is 22.8 Å². The monoisotopic (exact) mass is 266 g/mol. The number of hydrogen-bond acceptors (Lipinski definition) is 6. The zero-order valence-electron chi connectivity index (χ0n) is 11.3. The molecular formula is C14H14N6. The summed E-state index contributed by atoms with van der Waals surface area (Å²) >= 11 is 0. The number of nitrogens with zero attached hydrogens (tertiary/aromatic N) is 5. The summed E-state index contributed by atoms with van der Waals surface area (Å²) in [7, 11) is 3.73. The van der Waals surface area contributed by atoms with Gasteiger partial charge in [-0.2, -0.15) is 15.0 Å². The molecule has 0 unspecified atom stereocenters. The van der Waals surface area contributed by atoms with Gasteiger partial charge < -0.3 is 10.6 Å². The van der Waals surface area contributed by atoms with Crippen LogP contribution in [-0.4, -0.2) is 34.0 Å². The Balaban J connectivity index is 2.25. The number of benzene rings is 1. The molecular weight excluding hydrogens is 252 g/mol. The average Bonchev–Trinajstić information content (AvgIpc) is 2.46. The SMILES string of the molecule is CN(C)c1nc(N)nc(-c2cccc3ncccc23)n1. The van der Waals surface area contributed by atoms with Crippen molar-refractivity contribution in [3.8, 4) is 11.4 Å². The van der Waals surface area contributed by atoms with E-state index in [2.05, 4.69) is 19.9 Å². The van der Waals surface area contributed by atoms with Gasteiger partial charge in [-0.25, -0.2) is 0 Å². The maximum Gasteiger partial charge on any atom is 0.230 e. The van der Waals surface area contributed by atoms with Gasteiger partial charge in [0.25, 0.3) is 0 Å². The molecule has 2 aromatic heterocycles. The molecule has 100 valence electrons. The van der Waals surface area contributed by atoms with E-state index in [1.807, 2.05) is 44.4 Å². The molecule has 1 aromatic carbocycles. The molecule has 0 spiro atoms. The van der Waals surface area contributed by atoms with E-state index in [1.165, 1.54) is 0 Å². The van der Waals surface area contributed by atoms with Gasteiger partial charge in [0.15, 0.2) is 5.82 Å². The van der Waals surface area contributed by atoms with Crippen LogP contribution in [0.15, 0.2) is 36.5 Å². The molecule has 0 fully saturated rings. The van der Waals surface area contributed by atoms with Gasteiger partial charge in [-0.15, -0.1) is 0 Å². The lowest BCUT2D eigenvalue weighted by molar-refractivity contribution is 0.971. The molecule has 0 saturated heterocycles. The van der Waals surface area contributed by atoms with E-state index in [0.717, 1.165) is 16.5 Å². The van der Waals surface area contributed by atoms with Crippen molar-refractivity contribution in [2.24, 2.45) is 0 Å². The van der Waals surface area contributed by atoms with Crippen LogP contribution in [-0.2, 0) is 0 Å². The fraction of sp³-hybridized carbons (Fsp3) is 0.143. The third-order valence-corrected chi connectivity index (χ3v) is 2.93. The van der Waals surface area contributed by atoms with Crippen LogP contribution >= 0.6 is 0 Å². The minimum absolute atomic E-state index is 0.208. The molecule has 0 aliphatic carbocycles. The third kappa shape index (κ3) is 2.11. The molecule has 0 amide bonds. The second-order valence-corrected chi connectivity index (χ2v) is 4.59. The summed E-state index contributed by atoms with van der Waals surface area (Å²) in [5.74, 6) is 1.30. The summed E-state index contributed by atoms with van der Waals surface area (Å²) in [6.07, 6.45) is 1.76. The van der Waals surface area contributed by atoms with E-state index < -0.39 is 0 Å². The van der Waals surface area contributed by atoms with Crippen molar-refractivity contribution in [2.45, 2.75) is 0 Å². The number of anilines is 2. The molecule has 6 nitrogen and oxygen atoms in total. The minimum Gasteiger partial charge on any atom is -0.368 e. The second kappa shape index (κ2) is 4.73. The summed E-state index contributed by atoms with van der Waals surface area (Å²) in [5, 5.41) is 0.991. The predicted molar refractivity (Wildman–Crippen MR) is 79.3 cm³/mol. The zero-order chi connectivity index (χ0) is 14.1. The smallest absolute Gasteiger partial charge is 0.230 e. The van der Waals surface area contributed by atoms with Crippen LogP contribution < -0.4 is 10.6 Å². The summed E-state index contributed by atoms with van der Waals surface area (Å²) in [6, 6.07) is 9.73. The number of pyridine rings is 1. The Hall–Kier alpha value is -2.76. The summed E-state index contributed by atoms with van der Waals surface area (Å²) in [4.78, 5) is 18.9. The van der Waals surface area contributed by atoms with Gasteiger partial charge in [0.05, 0.1) is 5.52 Å². The third-order valence-electron chi connectivity index (χ3n) is 2.93. The van der Waals surface area contributed by atoms with E-state index >= 15 is 0 Å². The van der Waals surface area contributed by atoms with E-state index in [4.69, 9.17) is 5.73 Å². The number of aromatic nitrogens is 4. The van der Waals surface area contributed by atoms with Crippen LogP contribution in [0.4, 0.5) is 11.9 Å². The highest BCUT2D eigenvalue weighted by molar-refractivity contribution is 5.92. The lowest BCUT2D eigenvalue weighted by atomic mass is 10.1. The fourth-order valence-corrected chi connectivity index (χ4v) is 2.00. The fourth-order valence-electron chi connectivity index (χ4n) is 2.00. The maximum atomic E-state index is 5.77. The lowest BCUT2D eigenvalue weighted by Gasteiger charge is -2.12. The van der Waals surface area contributed by atoms with Crippen LogP contribution in [0.5, 0.6) is 0 Å². The molecule has 0 saturated carbocycles. The predicted octanol–water partition coefficient (Wildman–Crippen LogP) is 1.73. The number of fused-ring (bicyclic) bond motifs is 1. The normalized spacial score (nSPS) is 10.7. The molecule has 0 atom stereocenters. The van der Waals surface area contributed by atoms with Crippen LogP contribution in [0.3, 0.4) is 0 Å². The Kier molecular flexibility index (Phi) is 2.90. The molecule has 0 aliphatic heterocycles. The van der Waals surface area contributed by atoms with Gasteiger partial charge in [-0.05, 0) is 12.1 Å². The summed E-state index contributed by atoms with van der Waals surface area (Å²) < 4.78 is 0. The van der Waals surface area contributed by atoms with Crippen LogP contribution in [0, 0.1) is 0 Å². The Morgan fingerprint density at radius 3 is 2.65 bits per heavy atom. The van der Waals surface area contributed by atoms with Gasteiger partial charge in [0.1, 0.15) is 0 Å². The van der Waals surface area contributed by atoms with Gasteiger partial charge in [-0.1, -0.05) is 18.2 Å². The van der Waals surface area contributed by atoms with E-state index in [9.17, 15) is 0 Å². The zero-order valence-corrected chi connectivity index (χ0v) is 11.3. The minimum atomic E-state index is 0.208. The molecule has 6 heteroatoms. The van der Waals surface area contributed by atoms with Crippen molar-refractivity contribution in [3.63, 3.8) is 0 Å². The highest BCUT2D eigenvalue weighted by atomic mass is 15.3. The molecule has 2 N–H and O–H groups in total. The van der Waals surface area contributed by atoms with Crippen molar-refractivity contribution in [1.82, 2.24) is 19.9 Å². The topological polar surface area (TPSA) is 80.8 Å². The quantitative estimate of drug-likeness (QED) is 0.761. The van der Waals surface area contributed by atoms with Crippen molar-refractivity contribution < 1.29 is 0 Å². The molecule has 0 radical (unpaired) electrons. The van der Waals surface area contributed by atoms with Crippen molar-refractivity contribution in [1.29, 1.82) is 0 Å². The first-order chi connectivity index (χ1) is 9.65. The first-order valence-corrected chi connectivity index (χ1v) is 6.18. The Morgan fingerprint density at radius 2 is 1.85 bits per heavy atom. The Morgan fingerprint density at radius 1 is 1.00 bits per heavy atom. The highest BCUT2D eigenvalue weighted by Gasteiger charge is 2.11. The van der Waals surface area contributed by atoms with E-state index in [0.29, 0.717) is 11.8 Å². The number of nitrogens with two attached hydrogens (primary N) is 1. The second-order valence-electron chi connectivity index (χ2n) is 4.59. The molecule has 20 heavy (non-hydrogen) atoms. The van der Waals surface area contributed by atoms with Crippen LogP contribution in [0.1, 0.15) is 0 Å². The maximum absolute atomic E-state index is 5.77. The number of hydrogen-bond donors (Lipinski definition) is 1. The standard InChI is InChI=1S/C14H14N6/c1-20(2)14-18-12(17-13(15)19-14)10-5-3-7-11-9(10)6-4-8-16-11/h3-8H,1-2H3,(H2,15,17,18,19).